The number of halogens is 2. The number of nitro groups is 1. The van der Waals surface area contributed by atoms with Crippen LogP contribution in [0.2, 0.25) is 0 Å². The third kappa shape index (κ3) is 2.87. The number of nitro benzene ring substituents is 1. The molecule has 0 aromatic heterocycles. The molecule has 1 N–H and O–H groups in total. The molecule has 1 unspecified atom stereocenters. The first-order chi connectivity index (χ1) is 9.54. The molecular formula is C13H17F2N3O2. The normalized spacial score (nSPS) is 18.5. The fourth-order valence-corrected chi connectivity index (χ4v) is 2.62. The molecule has 20 heavy (non-hydrogen) atoms. The lowest BCUT2D eigenvalue weighted by Crippen LogP contribution is -2.37. The Morgan fingerprint density at radius 2 is 2.30 bits per heavy atom. The van der Waals surface area contributed by atoms with Gasteiger partial charge in [-0.2, -0.15) is 0 Å². The van der Waals surface area contributed by atoms with Crippen LogP contribution >= 0.6 is 0 Å². The lowest BCUT2D eigenvalue weighted by Gasteiger charge is -2.31. The van der Waals surface area contributed by atoms with Gasteiger partial charge >= 0.3 is 0 Å². The van der Waals surface area contributed by atoms with Crippen molar-refractivity contribution < 1.29 is 13.7 Å². The second-order valence-electron chi connectivity index (χ2n) is 4.73. The third-order valence-corrected chi connectivity index (χ3v) is 3.58. The van der Waals surface area contributed by atoms with Crippen LogP contribution in [0, 0.1) is 10.1 Å². The molecule has 110 valence electrons. The molecule has 0 saturated carbocycles. The topological polar surface area (TPSA) is 58.4 Å². The van der Waals surface area contributed by atoms with E-state index in [9.17, 15) is 18.9 Å². The first kappa shape index (κ1) is 14.6. The summed E-state index contributed by atoms with van der Waals surface area (Å²) in [5, 5.41) is 13.9. The molecule has 1 heterocycles. The lowest BCUT2D eigenvalue weighted by molar-refractivity contribution is -0.385. The van der Waals surface area contributed by atoms with E-state index in [1.807, 2.05) is 11.8 Å². The molecule has 5 nitrogen and oxygen atoms in total. The molecule has 1 saturated heterocycles. The highest BCUT2D eigenvalue weighted by atomic mass is 19.3. The second kappa shape index (κ2) is 6.13. The predicted octanol–water partition coefficient (Wildman–Crippen LogP) is 2.72. The minimum absolute atomic E-state index is 0.152. The highest BCUT2D eigenvalue weighted by molar-refractivity contribution is 5.59. The summed E-state index contributed by atoms with van der Waals surface area (Å²) in [6, 6.07) is 3.85. The van der Waals surface area contributed by atoms with Crippen molar-refractivity contribution in [3.63, 3.8) is 0 Å². The SMILES string of the molecule is CCN(c1ccc([N+](=O)[O-])cc1C(F)F)C1CCNC1. The van der Waals surface area contributed by atoms with E-state index in [0.29, 0.717) is 12.2 Å². The van der Waals surface area contributed by atoms with E-state index in [1.54, 1.807) is 0 Å². The number of benzene rings is 1. The van der Waals surface area contributed by atoms with Crippen molar-refractivity contribution in [3.05, 3.63) is 33.9 Å². The molecule has 0 radical (unpaired) electrons. The quantitative estimate of drug-likeness (QED) is 0.667. The van der Waals surface area contributed by atoms with Crippen molar-refractivity contribution in [1.29, 1.82) is 0 Å². The van der Waals surface area contributed by atoms with Crippen LogP contribution in [0.25, 0.3) is 0 Å². The van der Waals surface area contributed by atoms with Crippen molar-refractivity contribution in [1.82, 2.24) is 5.32 Å². The average molecular weight is 285 g/mol. The van der Waals surface area contributed by atoms with Crippen LogP contribution < -0.4 is 10.2 Å². The van der Waals surface area contributed by atoms with Crippen LogP contribution in [-0.4, -0.2) is 30.6 Å². The Balaban J connectivity index is 2.40. The molecular weight excluding hydrogens is 268 g/mol. The molecule has 2 rings (SSSR count). The number of anilines is 1. The molecule has 1 aliphatic heterocycles. The minimum Gasteiger partial charge on any atom is -0.367 e. The highest BCUT2D eigenvalue weighted by Crippen LogP contribution is 2.34. The maximum absolute atomic E-state index is 13.2. The molecule has 0 spiro atoms. The van der Waals surface area contributed by atoms with E-state index in [2.05, 4.69) is 5.32 Å². The number of hydrogen-bond acceptors (Lipinski definition) is 4. The van der Waals surface area contributed by atoms with E-state index >= 15 is 0 Å². The van der Waals surface area contributed by atoms with E-state index in [-0.39, 0.29) is 17.3 Å². The van der Waals surface area contributed by atoms with Crippen molar-refractivity contribution in [3.8, 4) is 0 Å². The Bertz CT molecular complexity index is 491. The fourth-order valence-electron chi connectivity index (χ4n) is 2.62. The molecule has 0 aliphatic carbocycles. The van der Waals surface area contributed by atoms with Crippen molar-refractivity contribution in [2.24, 2.45) is 0 Å². The largest absolute Gasteiger partial charge is 0.367 e. The van der Waals surface area contributed by atoms with Crippen LogP contribution in [-0.2, 0) is 0 Å². The van der Waals surface area contributed by atoms with E-state index < -0.39 is 11.3 Å². The summed E-state index contributed by atoms with van der Waals surface area (Å²) in [7, 11) is 0. The van der Waals surface area contributed by atoms with Gasteiger partial charge in [-0.3, -0.25) is 10.1 Å². The van der Waals surface area contributed by atoms with E-state index in [0.717, 1.165) is 25.6 Å². The second-order valence-corrected chi connectivity index (χ2v) is 4.73. The number of nitrogens with zero attached hydrogens (tertiary/aromatic N) is 2. The number of rotatable bonds is 5. The molecule has 1 aliphatic rings. The fraction of sp³-hybridized carbons (Fsp3) is 0.538. The van der Waals surface area contributed by atoms with Gasteiger partial charge < -0.3 is 10.2 Å². The summed E-state index contributed by atoms with van der Waals surface area (Å²) in [6.07, 6.45) is -1.85. The lowest BCUT2D eigenvalue weighted by atomic mass is 10.1. The van der Waals surface area contributed by atoms with Crippen LogP contribution in [0.5, 0.6) is 0 Å². The van der Waals surface area contributed by atoms with Crippen LogP contribution in [0.15, 0.2) is 18.2 Å². The molecule has 1 fully saturated rings. The van der Waals surface area contributed by atoms with Crippen molar-refractivity contribution in [2.45, 2.75) is 25.8 Å². The number of nitrogens with one attached hydrogen (secondary N) is 1. The van der Waals surface area contributed by atoms with Gasteiger partial charge in [-0.15, -0.1) is 0 Å². The summed E-state index contributed by atoms with van der Waals surface area (Å²) >= 11 is 0. The standard InChI is InChI=1S/C13H17F2N3O2/c1-2-17(10-5-6-16-8-10)12-4-3-9(18(19)20)7-11(12)13(14)15/h3-4,7,10,13,16H,2,5-6,8H2,1H3. The Kier molecular flexibility index (Phi) is 4.49. The van der Waals surface area contributed by atoms with Crippen LogP contribution in [0.3, 0.4) is 0 Å². The number of hydrogen-bond donors (Lipinski definition) is 1. The van der Waals surface area contributed by atoms with E-state index in [1.165, 1.54) is 12.1 Å². The van der Waals surface area contributed by atoms with Gasteiger partial charge in [-0.1, -0.05) is 0 Å². The summed E-state index contributed by atoms with van der Waals surface area (Å²) in [6.45, 7) is 4.09. The van der Waals surface area contributed by atoms with Gasteiger partial charge in [0.05, 0.1) is 4.92 Å². The zero-order chi connectivity index (χ0) is 14.7. The van der Waals surface area contributed by atoms with E-state index in [4.69, 9.17) is 0 Å². The Morgan fingerprint density at radius 1 is 1.55 bits per heavy atom. The molecule has 1 aromatic carbocycles. The molecule has 7 heteroatoms. The third-order valence-electron chi connectivity index (χ3n) is 3.58. The van der Waals surface area contributed by atoms with Gasteiger partial charge in [0, 0.05) is 42.5 Å². The zero-order valence-electron chi connectivity index (χ0n) is 11.2. The van der Waals surface area contributed by atoms with Crippen molar-refractivity contribution in [2.75, 3.05) is 24.5 Å². The Morgan fingerprint density at radius 3 is 2.80 bits per heavy atom. The zero-order valence-corrected chi connectivity index (χ0v) is 11.2. The molecule has 0 amide bonds. The number of likely N-dealkylation sites (N-methyl/N-ethyl adjacent to an activating group) is 1. The smallest absolute Gasteiger partial charge is 0.270 e. The van der Waals surface area contributed by atoms with Crippen molar-refractivity contribution >= 4 is 11.4 Å². The monoisotopic (exact) mass is 285 g/mol. The Hall–Kier alpha value is -1.76. The first-order valence-electron chi connectivity index (χ1n) is 6.58. The average Bonchev–Trinajstić information content (AvgIpc) is 2.93. The molecule has 1 atom stereocenters. The summed E-state index contributed by atoms with van der Waals surface area (Å²) in [5.74, 6) is 0. The Labute approximate surface area is 115 Å². The maximum Gasteiger partial charge on any atom is 0.270 e. The van der Waals surface area contributed by atoms with Gasteiger partial charge in [-0.05, 0) is 26.0 Å². The van der Waals surface area contributed by atoms with Gasteiger partial charge in [0.2, 0.25) is 0 Å². The summed E-state index contributed by atoms with van der Waals surface area (Å²) in [4.78, 5) is 12.0. The van der Waals surface area contributed by atoms with Gasteiger partial charge in [0.25, 0.3) is 12.1 Å². The molecule has 1 aromatic rings. The summed E-state index contributed by atoms with van der Waals surface area (Å²) in [5.41, 5.74) is -0.181. The number of non-ortho nitro benzene ring substituents is 1. The number of alkyl halides is 2. The van der Waals surface area contributed by atoms with Gasteiger partial charge in [0.1, 0.15) is 0 Å². The first-order valence-corrected chi connectivity index (χ1v) is 6.58. The van der Waals surface area contributed by atoms with Crippen LogP contribution in [0.4, 0.5) is 20.2 Å². The molecule has 0 bridgehead atoms. The van der Waals surface area contributed by atoms with Gasteiger partial charge in [0.15, 0.2) is 0 Å². The predicted molar refractivity (Wildman–Crippen MR) is 72.3 cm³/mol. The highest BCUT2D eigenvalue weighted by Gasteiger charge is 2.26. The van der Waals surface area contributed by atoms with Gasteiger partial charge in [-0.25, -0.2) is 8.78 Å². The van der Waals surface area contributed by atoms with Crippen LogP contribution in [0.1, 0.15) is 25.3 Å². The summed E-state index contributed by atoms with van der Waals surface area (Å²) < 4.78 is 26.4. The maximum atomic E-state index is 13.2. The minimum atomic E-state index is -2.73.